The van der Waals surface area contributed by atoms with Crippen molar-refractivity contribution in [3.63, 3.8) is 0 Å². The van der Waals surface area contributed by atoms with Crippen LogP contribution in [-0.4, -0.2) is 42.1 Å². The maximum atomic E-state index is 12.4. The van der Waals surface area contributed by atoms with E-state index in [1.54, 1.807) is 0 Å². The minimum atomic E-state index is -3.43. The summed E-state index contributed by atoms with van der Waals surface area (Å²) in [5, 5.41) is 9.22. The van der Waals surface area contributed by atoms with Crippen molar-refractivity contribution in [2.45, 2.75) is 51.5 Å². The third-order valence-electron chi connectivity index (χ3n) is 4.44. The Hall–Kier alpha value is -0.620. The molecule has 6 heteroatoms. The predicted octanol–water partition coefficient (Wildman–Crippen LogP) is 1.69. The molecule has 2 rings (SSSR count). The van der Waals surface area contributed by atoms with Gasteiger partial charge in [0.05, 0.1) is 5.75 Å². The van der Waals surface area contributed by atoms with E-state index in [0.29, 0.717) is 13.0 Å². The molecule has 5 nitrogen and oxygen atoms in total. The largest absolute Gasteiger partial charge is 0.480 e. The molecule has 0 bridgehead atoms. The predicted molar refractivity (Wildman–Crippen MR) is 72.3 cm³/mol. The number of carboxylic acids is 1. The zero-order valence-electron chi connectivity index (χ0n) is 11.4. The summed E-state index contributed by atoms with van der Waals surface area (Å²) < 4.78 is 26.1. The van der Waals surface area contributed by atoms with Gasteiger partial charge < -0.3 is 5.11 Å². The molecule has 0 aromatic carbocycles. The summed E-state index contributed by atoms with van der Waals surface area (Å²) in [6.07, 6.45) is 5.94. The van der Waals surface area contributed by atoms with E-state index >= 15 is 0 Å². The molecule has 19 heavy (non-hydrogen) atoms. The summed E-state index contributed by atoms with van der Waals surface area (Å²) in [6, 6.07) is -0.867. The highest BCUT2D eigenvalue weighted by Gasteiger charge is 2.43. The number of carboxylic acid groups (broad SMARTS) is 1. The van der Waals surface area contributed by atoms with E-state index in [-0.39, 0.29) is 17.6 Å². The van der Waals surface area contributed by atoms with E-state index in [9.17, 15) is 18.3 Å². The van der Waals surface area contributed by atoms with E-state index in [1.165, 1.54) is 10.7 Å². The van der Waals surface area contributed by atoms with Gasteiger partial charge in [0.25, 0.3) is 0 Å². The number of rotatable bonds is 4. The Kier molecular flexibility index (Phi) is 4.50. The van der Waals surface area contributed by atoms with Crippen molar-refractivity contribution in [1.29, 1.82) is 0 Å². The molecule has 1 heterocycles. The van der Waals surface area contributed by atoms with Crippen LogP contribution >= 0.6 is 0 Å². The second-order valence-electron chi connectivity index (χ2n) is 5.94. The van der Waals surface area contributed by atoms with E-state index < -0.39 is 22.0 Å². The van der Waals surface area contributed by atoms with Crippen molar-refractivity contribution >= 4 is 16.0 Å². The first kappa shape index (κ1) is 14.8. The van der Waals surface area contributed by atoms with Gasteiger partial charge in [-0.2, -0.15) is 4.31 Å². The minimum absolute atomic E-state index is 0.0985. The summed E-state index contributed by atoms with van der Waals surface area (Å²) in [5.74, 6) is -0.774. The Morgan fingerprint density at radius 3 is 2.42 bits per heavy atom. The zero-order valence-corrected chi connectivity index (χ0v) is 12.2. The molecule has 0 spiro atoms. The van der Waals surface area contributed by atoms with Crippen LogP contribution in [0.1, 0.15) is 45.4 Å². The molecule has 0 aromatic heterocycles. The van der Waals surface area contributed by atoms with Crippen molar-refractivity contribution in [3.05, 3.63) is 0 Å². The number of carbonyl (C=O) groups is 1. The second-order valence-corrected chi connectivity index (χ2v) is 7.91. The summed E-state index contributed by atoms with van der Waals surface area (Å²) >= 11 is 0. The van der Waals surface area contributed by atoms with Gasteiger partial charge in [0.2, 0.25) is 10.0 Å². The second kappa shape index (κ2) is 5.79. The highest BCUT2D eigenvalue weighted by molar-refractivity contribution is 7.89. The number of nitrogens with zero attached hydrogens (tertiary/aromatic N) is 1. The molecule has 2 aliphatic rings. The third kappa shape index (κ3) is 3.28. The lowest BCUT2D eigenvalue weighted by Crippen LogP contribution is -2.44. The van der Waals surface area contributed by atoms with Gasteiger partial charge in [-0.3, -0.25) is 4.79 Å². The molecule has 1 saturated carbocycles. The summed E-state index contributed by atoms with van der Waals surface area (Å²) in [6.45, 7) is 2.17. The molecule has 2 atom stereocenters. The Morgan fingerprint density at radius 1 is 1.21 bits per heavy atom. The normalized spacial score (nSPS) is 30.6. The molecule has 1 aliphatic carbocycles. The van der Waals surface area contributed by atoms with Gasteiger partial charge in [-0.15, -0.1) is 0 Å². The summed E-state index contributed by atoms with van der Waals surface area (Å²) in [4.78, 5) is 11.3. The van der Waals surface area contributed by atoms with E-state index in [0.717, 1.165) is 25.7 Å². The van der Waals surface area contributed by atoms with Crippen LogP contribution in [-0.2, 0) is 14.8 Å². The molecule has 2 unspecified atom stereocenters. The van der Waals surface area contributed by atoms with E-state index in [4.69, 9.17) is 0 Å². The number of hydrogen-bond donors (Lipinski definition) is 1. The van der Waals surface area contributed by atoms with Crippen LogP contribution in [0.25, 0.3) is 0 Å². The van der Waals surface area contributed by atoms with Crippen LogP contribution in [0.4, 0.5) is 0 Å². The van der Waals surface area contributed by atoms with Crippen LogP contribution in [0.2, 0.25) is 0 Å². The standard InChI is InChI=1S/C13H23NO4S/c1-10-7-8-14(12(10)13(15)16)19(17,18)9-11-5-3-2-4-6-11/h10-12H,2-9H2,1H3,(H,15,16). The lowest BCUT2D eigenvalue weighted by atomic mass is 9.91. The van der Waals surface area contributed by atoms with Gasteiger partial charge in [-0.25, -0.2) is 8.42 Å². The fourth-order valence-corrected chi connectivity index (χ4v) is 5.49. The fourth-order valence-electron chi connectivity index (χ4n) is 3.34. The Bertz CT molecular complexity index is 428. The van der Waals surface area contributed by atoms with Crippen LogP contribution in [0.3, 0.4) is 0 Å². The molecule has 1 saturated heterocycles. The lowest BCUT2D eigenvalue weighted by molar-refractivity contribution is -0.141. The van der Waals surface area contributed by atoms with Crippen LogP contribution in [0, 0.1) is 11.8 Å². The SMILES string of the molecule is CC1CCN(S(=O)(=O)CC2CCCCC2)C1C(=O)O. The molecule has 0 radical (unpaired) electrons. The highest BCUT2D eigenvalue weighted by atomic mass is 32.2. The quantitative estimate of drug-likeness (QED) is 0.854. The number of sulfonamides is 1. The van der Waals surface area contributed by atoms with Gasteiger partial charge in [0, 0.05) is 6.54 Å². The molecular formula is C13H23NO4S. The maximum absolute atomic E-state index is 12.4. The van der Waals surface area contributed by atoms with Crippen molar-refractivity contribution in [2.24, 2.45) is 11.8 Å². The molecule has 1 N–H and O–H groups in total. The van der Waals surface area contributed by atoms with Gasteiger partial charge in [-0.05, 0) is 31.1 Å². The first-order chi connectivity index (χ1) is 8.92. The van der Waals surface area contributed by atoms with Crippen molar-refractivity contribution < 1.29 is 18.3 Å². The number of hydrogen-bond acceptors (Lipinski definition) is 3. The van der Waals surface area contributed by atoms with Crippen molar-refractivity contribution in [1.82, 2.24) is 4.31 Å². The van der Waals surface area contributed by atoms with Crippen molar-refractivity contribution in [3.8, 4) is 0 Å². The summed E-state index contributed by atoms with van der Waals surface area (Å²) in [5.41, 5.74) is 0. The fraction of sp³-hybridized carbons (Fsp3) is 0.923. The molecule has 0 amide bonds. The van der Waals surface area contributed by atoms with Crippen molar-refractivity contribution in [2.75, 3.05) is 12.3 Å². The average Bonchev–Trinajstić information content (AvgIpc) is 2.72. The van der Waals surface area contributed by atoms with E-state index in [2.05, 4.69) is 0 Å². The highest BCUT2D eigenvalue weighted by Crippen LogP contribution is 2.31. The number of aliphatic carboxylic acids is 1. The van der Waals surface area contributed by atoms with Gasteiger partial charge >= 0.3 is 5.97 Å². The van der Waals surface area contributed by atoms with E-state index in [1.807, 2.05) is 6.92 Å². The minimum Gasteiger partial charge on any atom is -0.480 e. The van der Waals surface area contributed by atoms with Gasteiger partial charge in [-0.1, -0.05) is 26.2 Å². The first-order valence-corrected chi connectivity index (χ1v) is 8.75. The molecule has 110 valence electrons. The first-order valence-electron chi connectivity index (χ1n) is 7.14. The van der Waals surface area contributed by atoms with Gasteiger partial charge in [0.1, 0.15) is 6.04 Å². The molecule has 0 aromatic rings. The Balaban J connectivity index is 2.08. The maximum Gasteiger partial charge on any atom is 0.322 e. The monoisotopic (exact) mass is 289 g/mol. The molecular weight excluding hydrogens is 266 g/mol. The Morgan fingerprint density at radius 2 is 1.84 bits per heavy atom. The smallest absolute Gasteiger partial charge is 0.322 e. The van der Waals surface area contributed by atoms with Crippen LogP contribution in [0.15, 0.2) is 0 Å². The zero-order chi connectivity index (χ0) is 14.0. The van der Waals surface area contributed by atoms with Crippen LogP contribution in [0.5, 0.6) is 0 Å². The third-order valence-corrected chi connectivity index (χ3v) is 6.45. The summed E-state index contributed by atoms with van der Waals surface area (Å²) in [7, 11) is -3.43. The Labute approximate surface area is 115 Å². The van der Waals surface area contributed by atoms with Crippen LogP contribution < -0.4 is 0 Å². The molecule has 2 fully saturated rings. The average molecular weight is 289 g/mol. The molecule has 1 aliphatic heterocycles. The van der Waals surface area contributed by atoms with Gasteiger partial charge in [0.15, 0.2) is 0 Å². The lowest BCUT2D eigenvalue weighted by Gasteiger charge is -2.27. The topological polar surface area (TPSA) is 74.7 Å².